The number of hydrogen-bond acceptors (Lipinski definition) is 7. The third-order valence-electron chi connectivity index (χ3n) is 7.48. The van der Waals surface area contributed by atoms with Gasteiger partial charge in [-0.1, -0.05) is 32.4 Å². The van der Waals surface area contributed by atoms with Crippen LogP contribution in [0, 0.1) is 11.8 Å². The zero-order chi connectivity index (χ0) is 25.8. The zero-order valence-electron chi connectivity index (χ0n) is 21.7. The minimum absolute atomic E-state index is 0.114. The van der Waals surface area contributed by atoms with E-state index in [1.807, 2.05) is 45.0 Å². The van der Waals surface area contributed by atoms with E-state index in [1.165, 1.54) is 7.11 Å². The first-order chi connectivity index (χ1) is 17.3. The summed E-state index contributed by atoms with van der Waals surface area (Å²) >= 11 is 0. The van der Waals surface area contributed by atoms with Crippen LogP contribution in [0.15, 0.2) is 46.8 Å². The molecule has 36 heavy (non-hydrogen) atoms. The van der Waals surface area contributed by atoms with Crippen molar-refractivity contribution in [1.82, 2.24) is 5.32 Å². The highest BCUT2D eigenvalue weighted by Gasteiger charge is 2.47. The van der Waals surface area contributed by atoms with Crippen LogP contribution in [0.4, 0.5) is 0 Å². The number of ether oxygens (including phenoxy) is 3. The van der Waals surface area contributed by atoms with E-state index in [1.54, 1.807) is 0 Å². The normalized spacial score (nSPS) is 24.7. The van der Waals surface area contributed by atoms with Crippen molar-refractivity contribution in [3.63, 3.8) is 0 Å². The number of esters is 2. The van der Waals surface area contributed by atoms with Crippen LogP contribution < -0.4 is 10.1 Å². The minimum atomic E-state index is -0.903. The summed E-state index contributed by atoms with van der Waals surface area (Å²) < 4.78 is 16.7. The minimum Gasteiger partial charge on any atom is -0.494 e. The molecule has 1 fully saturated rings. The second-order valence-electron chi connectivity index (χ2n) is 10.1. The van der Waals surface area contributed by atoms with Crippen LogP contribution in [0.5, 0.6) is 5.75 Å². The number of methoxy groups -OCH3 is 1. The summed E-state index contributed by atoms with van der Waals surface area (Å²) in [7, 11) is 1.30. The summed E-state index contributed by atoms with van der Waals surface area (Å²) in [6.07, 6.45) is 6.25. The van der Waals surface area contributed by atoms with Crippen LogP contribution in [-0.2, 0) is 23.9 Å². The maximum absolute atomic E-state index is 13.8. The number of carbonyl (C=O) groups excluding carboxylic acids is 3. The first-order valence-corrected chi connectivity index (χ1v) is 13.1. The van der Waals surface area contributed by atoms with Gasteiger partial charge in [-0.15, -0.1) is 0 Å². The molecular weight excluding hydrogens is 458 g/mol. The first kappa shape index (κ1) is 26.0. The Balaban J connectivity index is 1.75. The molecule has 1 aromatic rings. The van der Waals surface area contributed by atoms with E-state index in [4.69, 9.17) is 14.2 Å². The zero-order valence-corrected chi connectivity index (χ0v) is 21.7. The smallest absolute Gasteiger partial charge is 0.337 e. The van der Waals surface area contributed by atoms with Crippen molar-refractivity contribution in [2.45, 2.75) is 77.7 Å². The largest absolute Gasteiger partial charge is 0.494 e. The van der Waals surface area contributed by atoms with Crippen molar-refractivity contribution in [1.29, 1.82) is 0 Å². The van der Waals surface area contributed by atoms with Gasteiger partial charge in [-0.25, -0.2) is 4.79 Å². The van der Waals surface area contributed by atoms with Gasteiger partial charge in [0.25, 0.3) is 0 Å². The number of benzene rings is 1. The molecule has 0 spiro atoms. The van der Waals surface area contributed by atoms with E-state index in [0.29, 0.717) is 29.9 Å². The van der Waals surface area contributed by atoms with Crippen LogP contribution in [0.3, 0.4) is 0 Å². The Kier molecular flexibility index (Phi) is 8.17. The van der Waals surface area contributed by atoms with Gasteiger partial charge < -0.3 is 19.5 Å². The summed E-state index contributed by atoms with van der Waals surface area (Å²) in [6.45, 7) is 6.39. The van der Waals surface area contributed by atoms with Crippen molar-refractivity contribution in [3.8, 4) is 5.75 Å². The Hall–Kier alpha value is -3.09. The highest BCUT2D eigenvalue weighted by atomic mass is 16.5. The van der Waals surface area contributed by atoms with Crippen LogP contribution >= 0.6 is 0 Å². The van der Waals surface area contributed by atoms with Crippen LogP contribution in [0.2, 0.25) is 0 Å². The fourth-order valence-corrected chi connectivity index (χ4v) is 5.66. The third kappa shape index (κ3) is 5.20. The lowest BCUT2D eigenvalue weighted by molar-refractivity contribution is -0.151. The molecule has 0 saturated heterocycles. The van der Waals surface area contributed by atoms with Gasteiger partial charge in [0.2, 0.25) is 0 Å². The van der Waals surface area contributed by atoms with Crippen molar-refractivity contribution >= 4 is 17.7 Å². The summed E-state index contributed by atoms with van der Waals surface area (Å²) in [5, 5.41) is 3.32. The average Bonchev–Trinajstić information content (AvgIpc) is 2.87. The number of nitrogens with one attached hydrogen (secondary N) is 1. The van der Waals surface area contributed by atoms with E-state index in [0.717, 1.165) is 55.5 Å². The van der Waals surface area contributed by atoms with E-state index in [2.05, 4.69) is 5.32 Å². The SMILES string of the molecule is CCCOc1ccc([C@@H]2C(C(=O)OC3CCCCC3)=C(C)NC3=C2C(=O)[C@@H](C(=O)OC)[C@H](C)C3)cc1. The molecule has 1 N–H and O–H groups in total. The Morgan fingerprint density at radius 3 is 2.42 bits per heavy atom. The molecule has 7 heteroatoms. The number of allylic oxidation sites excluding steroid dienone is 3. The Bertz CT molecular complexity index is 1060. The number of ketones is 1. The number of dihydropyridines is 1. The van der Waals surface area contributed by atoms with Crippen molar-refractivity contribution in [2.75, 3.05) is 13.7 Å². The number of Topliss-reactive ketones (excluding diaryl/α,β-unsaturated/α-hetero) is 1. The molecule has 0 aromatic heterocycles. The van der Waals surface area contributed by atoms with Crippen molar-refractivity contribution in [3.05, 3.63) is 52.4 Å². The molecule has 194 valence electrons. The van der Waals surface area contributed by atoms with Crippen LogP contribution in [-0.4, -0.2) is 37.5 Å². The quantitative estimate of drug-likeness (QED) is 0.422. The van der Waals surface area contributed by atoms with Crippen LogP contribution in [0.25, 0.3) is 0 Å². The van der Waals surface area contributed by atoms with Gasteiger partial charge in [-0.05, 0) is 69.1 Å². The van der Waals surface area contributed by atoms with Gasteiger partial charge in [-0.3, -0.25) is 9.59 Å². The molecular formula is C29H37NO6. The van der Waals surface area contributed by atoms with Gasteiger partial charge in [0.15, 0.2) is 5.78 Å². The van der Waals surface area contributed by atoms with Crippen molar-refractivity contribution < 1.29 is 28.6 Å². The van der Waals surface area contributed by atoms with Gasteiger partial charge >= 0.3 is 11.9 Å². The lowest BCUT2D eigenvalue weighted by atomic mass is 9.69. The molecule has 7 nitrogen and oxygen atoms in total. The van der Waals surface area contributed by atoms with Crippen molar-refractivity contribution in [2.24, 2.45) is 11.8 Å². The van der Waals surface area contributed by atoms with E-state index < -0.39 is 23.8 Å². The highest BCUT2D eigenvalue weighted by Crippen LogP contribution is 2.46. The summed E-state index contributed by atoms with van der Waals surface area (Å²) in [4.78, 5) is 40.0. The monoisotopic (exact) mass is 495 g/mol. The summed E-state index contributed by atoms with van der Waals surface area (Å²) in [5.74, 6) is -2.27. The first-order valence-electron chi connectivity index (χ1n) is 13.1. The predicted molar refractivity (Wildman–Crippen MR) is 135 cm³/mol. The Morgan fingerprint density at radius 2 is 1.78 bits per heavy atom. The molecule has 0 amide bonds. The molecule has 1 aromatic carbocycles. The Morgan fingerprint density at radius 1 is 1.08 bits per heavy atom. The van der Waals surface area contributed by atoms with E-state index in [-0.39, 0.29) is 17.8 Å². The van der Waals surface area contributed by atoms with Crippen LogP contribution in [0.1, 0.15) is 77.2 Å². The standard InChI is InChI=1S/C29H37NO6/c1-5-15-35-20-13-11-19(12-14-20)25-24(29(33)36-21-9-7-6-8-10-21)18(3)30-22-16-17(2)23(28(32)34-4)27(31)26(22)25/h11-14,17,21,23,25,30H,5-10,15-16H2,1-4H3/t17-,23+,25-/m1/s1. The summed E-state index contributed by atoms with van der Waals surface area (Å²) in [5.41, 5.74) is 3.10. The molecule has 1 aliphatic heterocycles. The lowest BCUT2D eigenvalue weighted by Crippen LogP contribution is -2.43. The molecule has 0 radical (unpaired) electrons. The topological polar surface area (TPSA) is 90.9 Å². The fourth-order valence-electron chi connectivity index (χ4n) is 5.66. The van der Waals surface area contributed by atoms with Gasteiger partial charge in [0, 0.05) is 22.9 Å². The van der Waals surface area contributed by atoms with Gasteiger partial charge in [0.1, 0.15) is 17.8 Å². The average molecular weight is 496 g/mol. The molecule has 1 saturated carbocycles. The predicted octanol–water partition coefficient (Wildman–Crippen LogP) is 4.96. The molecule has 3 aliphatic rings. The third-order valence-corrected chi connectivity index (χ3v) is 7.48. The lowest BCUT2D eigenvalue weighted by Gasteiger charge is -2.38. The maximum Gasteiger partial charge on any atom is 0.337 e. The van der Waals surface area contributed by atoms with E-state index in [9.17, 15) is 14.4 Å². The molecule has 4 rings (SSSR count). The molecule has 2 aliphatic carbocycles. The second kappa shape index (κ2) is 11.3. The van der Waals surface area contributed by atoms with Gasteiger partial charge in [0.05, 0.1) is 19.3 Å². The summed E-state index contributed by atoms with van der Waals surface area (Å²) in [6, 6.07) is 7.51. The number of hydrogen-bond donors (Lipinski definition) is 1. The molecule has 1 heterocycles. The van der Waals surface area contributed by atoms with Gasteiger partial charge in [-0.2, -0.15) is 0 Å². The number of carbonyl (C=O) groups is 3. The highest BCUT2D eigenvalue weighted by molar-refractivity contribution is 6.12. The molecule has 0 bridgehead atoms. The second-order valence-corrected chi connectivity index (χ2v) is 10.1. The Labute approximate surface area is 213 Å². The molecule has 0 unspecified atom stereocenters. The number of rotatable bonds is 7. The molecule has 3 atom stereocenters. The maximum atomic E-state index is 13.8. The van der Waals surface area contributed by atoms with E-state index >= 15 is 0 Å². The fraction of sp³-hybridized carbons (Fsp3) is 0.552.